The molecule has 0 radical (unpaired) electrons. The number of carbonyl (C=O) groups excluding carboxylic acids is 1. The van der Waals surface area contributed by atoms with E-state index in [2.05, 4.69) is 15.6 Å². The third-order valence-electron chi connectivity index (χ3n) is 1.70. The van der Waals surface area contributed by atoms with E-state index >= 15 is 0 Å². The molecule has 0 spiro atoms. The second kappa shape index (κ2) is 5.08. The second-order valence-electron chi connectivity index (χ2n) is 2.93. The van der Waals surface area contributed by atoms with Gasteiger partial charge in [0, 0.05) is 6.54 Å². The van der Waals surface area contributed by atoms with Crippen molar-refractivity contribution in [1.82, 2.24) is 20.3 Å². The molecule has 0 atom stereocenters. The second-order valence-corrected chi connectivity index (χ2v) is 2.93. The van der Waals surface area contributed by atoms with E-state index in [4.69, 9.17) is 5.11 Å². The summed E-state index contributed by atoms with van der Waals surface area (Å²) in [6.07, 6.45) is 1.93. The average molecular weight is 212 g/mol. The number of carboxylic acids is 1. The average Bonchev–Trinajstić information content (AvgIpc) is 2.62. The molecular weight excluding hydrogens is 200 g/mol. The van der Waals surface area contributed by atoms with Crippen molar-refractivity contribution in [1.29, 1.82) is 0 Å². The van der Waals surface area contributed by atoms with Crippen molar-refractivity contribution in [2.24, 2.45) is 0 Å². The molecule has 1 aromatic rings. The van der Waals surface area contributed by atoms with Crippen LogP contribution in [0.3, 0.4) is 0 Å². The van der Waals surface area contributed by atoms with Gasteiger partial charge in [0.2, 0.25) is 5.91 Å². The number of carboxylic acid groups (broad SMARTS) is 1. The fourth-order valence-electron chi connectivity index (χ4n) is 0.996. The molecule has 0 unspecified atom stereocenters. The summed E-state index contributed by atoms with van der Waals surface area (Å²) >= 11 is 0. The van der Waals surface area contributed by atoms with Crippen LogP contribution in [0, 0.1) is 0 Å². The zero-order chi connectivity index (χ0) is 11.3. The first-order chi connectivity index (χ1) is 7.15. The summed E-state index contributed by atoms with van der Waals surface area (Å²) in [7, 11) is 0. The van der Waals surface area contributed by atoms with Gasteiger partial charge in [-0.1, -0.05) is 12.1 Å². The fraction of sp³-hybridized carbons (Fsp3) is 0.500. The number of nitrogens with zero attached hydrogens (tertiary/aromatic N) is 3. The maximum absolute atomic E-state index is 11.3. The van der Waals surface area contributed by atoms with E-state index in [1.165, 1.54) is 0 Å². The highest BCUT2D eigenvalue weighted by atomic mass is 16.4. The van der Waals surface area contributed by atoms with Crippen molar-refractivity contribution in [2.75, 3.05) is 6.54 Å². The predicted molar refractivity (Wildman–Crippen MR) is 50.3 cm³/mol. The Bertz CT molecular complexity index is 361. The highest BCUT2D eigenvalue weighted by molar-refractivity contribution is 5.86. The molecule has 7 heteroatoms. The van der Waals surface area contributed by atoms with Crippen LogP contribution in [0.25, 0.3) is 0 Å². The van der Waals surface area contributed by atoms with Gasteiger partial charge in [-0.2, -0.15) is 0 Å². The summed E-state index contributed by atoms with van der Waals surface area (Å²) in [4.78, 5) is 21.9. The van der Waals surface area contributed by atoms with E-state index in [9.17, 15) is 9.59 Å². The molecule has 0 aromatic carbocycles. The Morgan fingerprint density at radius 1 is 1.60 bits per heavy atom. The smallest absolute Gasteiger partial charge is 0.355 e. The number of rotatable bonds is 5. The SMILES string of the molecule is CCCNC(=O)Cn1nncc1C(=O)O. The van der Waals surface area contributed by atoms with Crippen molar-refractivity contribution in [3.05, 3.63) is 11.9 Å². The van der Waals surface area contributed by atoms with E-state index in [0.29, 0.717) is 6.54 Å². The van der Waals surface area contributed by atoms with Crippen LogP contribution in [0.5, 0.6) is 0 Å². The van der Waals surface area contributed by atoms with Gasteiger partial charge in [-0.05, 0) is 6.42 Å². The molecule has 82 valence electrons. The van der Waals surface area contributed by atoms with Gasteiger partial charge in [0.1, 0.15) is 6.54 Å². The number of nitrogens with one attached hydrogen (secondary N) is 1. The number of hydrogen-bond acceptors (Lipinski definition) is 4. The fourth-order valence-corrected chi connectivity index (χ4v) is 0.996. The third-order valence-corrected chi connectivity index (χ3v) is 1.70. The minimum Gasteiger partial charge on any atom is -0.476 e. The lowest BCUT2D eigenvalue weighted by atomic mass is 10.4. The predicted octanol–water partition coefficient (Wildman–Crippen LogP) is -0.498. The first-order valence-corrected chi connectivity index (χ1v) is 4.53. The van der Waals surface area contributed by atoms with Crippen LogP contribution in [0.15, 0.2) is 6.20 Å². The van der Waals surface area contributed by atoms with Gasteiger partial charge >= 0.3 is 5.97 Å². The summed E-state index contributed by atoms with van der Waals surface area (Å²) in [6.45, 7) is 2.37. The molecule has 1 rings (SSSR count). The lowest BCUT2D eigenvalue weighted by Gasteiger charge is -2.03. The van der Waals surface area contributed by atoms with E-state index in [1.807, 2.05) is 6.92 Å². The summed E-state index contributed by atoms with van der Waals surface area (Å²) in [5, 5.41) is 18.3. The van der Waals surface area contributed by atoms with E-state index in [1.54, 1.807) is 0 Å². The van der Waals surface area contributed by atoms with Gasteiger partial charge in [-0.3, -0.25) is 4.79 Å². The van der Waals surface area contributed by atoms with Crippen molar-refractivity contribution >= 4 is 11.9 Å². The molecule has 2 N–H and O–H groups in total. The lowest BCUT2D eigenvalue weighted by molar-refractivity contribution is -0.121. The van der Waals surface area contributed by atoms with E-state index < -0.39 is 5.97 Å². The highest BCUT2D eigenvalue weighted by Crippen LogP contribution is 1.95. The van der Waals surface area contributed by atoms with Crippen LogP contribution in [0.4, 0.5) is 0 Å². The van der Waals surface area contributed by atoms with Gasteiger partial charge in [-0.15, -0.1) is 5.10 Å². The molecular formula is C8H12N4O3. The Morgan fingerprint density at radius 3 is 2.93 bits per heavy atom. The normalized spacial score (nSPS) is 9.93. The molecule has 1 amide bonds. The maximum atomic E-state index is 11.3. The molecule has 0 aliphatic rings. The van der Waals surface area contributed by atoms with Crippen LogP contribution < -0.4 is 5.32 Å². The van der Waals surface area contributed by atoms with Gasteiger partial charge < -0.3 is 10.4 Å². The third kappa shape index (κ3) is 3.04. The van der Waals surface area contributed by atoms with Gasteiger partial charge in [0.25, 0.3) is 0 Å². The molecule has 15 heavy (non-hydrogen) atoms. The first kappa shape index (κ1) is 11.2. The van der Waals surface area contributed by atoms with Crippen LogP contribution in [-0.2, 0) is 11.3 Å². The molecule has 0 saturated heterocycles. The number of carbonyl (C=O) groups is 2. The Morgan fingerprint density at radius 2 is 2.33 bits per heavy atom. The van der Waals surface area contributed by atoms with E-state index in [-0.39, 0.29) is 18.1 Å². The quantitative estimate of drug-likeness (QED) is 0.686. The molecule has 0 bridgehead atoms. The van der Waals surface area contributed by atoms with Crippen molar-refractivity contribution in [2.45, 2.75) is 19.9 Å². The van der Waals surface area contributed by atoms with Crippen LogP contribution in [0.1, 0.15) is 23.8 Å². The Labute approximate surface area is 86.1 Å². The van der Waals surface area contributed by atoms with Crippen LogP contribution >= 0.6 is 0 Å². The summed E-state index contributed by atoms with van der Waals surface area (Å²) in [5.41, 5.74) is -0.0957. The van der Waals surface area contributed by atoms with Crippen molar-refractivity contribution in [3.63, 3.8) is 0 Å². The Kier molecular flexibility index (Phi) is 3.78. The van der Waals surface area contributed by atoms with Crippen LogP contribution in [0.2, 0.25) is 0 Å². The zero-order valence-electron chi connectivity index (χ0n) is 8.30. The number of amides is 1. The molecule has 0 fully saturated rings. The minimum absolute atomic E-state index is 0.0957. The molecule has 1 heterocycles. The van der Waals surface area contributed by atoms with Gasteiger partial charge in [0.15, 0.2) is 5.69 Å². The molecule has 0 aliphatic carbocycles. The first-order valence-electron chi connectivity index (χ1n) is 4.53. The topological polar surface area (TPSA) is 97.1 Å². The largest absolute Gasteiger partial charge is 0.476 e. The highest BCUT2D eigenvalue weighted by Gasteiger charge is 2.13. The molecule has 0 aliphatic heterocycles. The zero-order valence-corrected chi connectivity index (χ0v) is 8.30. The summed E-state index contributed by atoms with van der Waals surface area (Å²) < 4.78 is 1.05. The standard InChI is InChI=1S/C8H12N4O3/c1-2-3-9-7(13)5-12-6(8(14)15)4-10-11-12/h4H,2-3,5H2,1H3,(H,9,13)(H,14,15). The summed E-state index contributed by atoms with van der Waals surface area (Å²) in [5.74, 6) is -1.42. The van der Waals surface area contributed by atoms with Gasteiger partial charge in [0.05, 0.1) is 6.20 Å². The molecule has 1 aromatic heterocycles. The number of aromatic nitrogens is 3. The molecule has 0 saturated carbocycles. The molecule has 7 nitrogen and oxygen atoms in total. The van der Waals surface area contributed by atoms with E-state index in [0.717, 1.165) is 17.3 Å². The van der Waals surface area contributed by atoms with Gasteiger partial charge in [-0.25, -0.2) is 9.48 Å². The lowest BCUT2D eigenvalue weighted by Crippen LogP contribution is -2.29. The summed E-state index contributed by atoms with van der Waals surface area (Å²) in [6, 6.07) is 0. The van der Waals surface area contributed by atoms with Crippen molar-refractivity contribution < 1.29 is 14.7 Å². The Hall–Kier alpha value is -1.92. The maximum Gasteiger partial charge on any atom is 0.355 e. The minimum atomic E-state index is -1.15. The van der Waals surface area contributed by atoms with Crippen LogP contribution in [-0.4, -0.2) is 38.5 Å². The number of aromatic carboxylic acids is 1. The number of hydrogen-bond donors (Lipinski definition) is 2. The van der Waals surface area contributed by atoms with Crippen molar-refractivity contribution in [3.8, 4) is 0 Å². The Balaban J connectivity index is 2.60. The monoisotopic (exact) mass is 212 g/mol.